The molecule has 20 heavy (non-hydrogen) atoms. The van der Waals surface area contributed by atoms with Crippen molar-refractivity contribution in [2.24, 2.45) is 7.05 Å². The second kappa shape index (κ2) is 6.85. The second-order valence-electron chi connectivity index (χ2n) is 4.49. The van der Waals surface area contributed by atoms with E-state index in [2.05, 4.69) is 10.4 Å². The maximum absolute atomic E-state index is 11.7. The molecule has 0 saturated heterocycles. The number of hydrogen-bond acceptors (Lipinski definition) is 5. The molecule has 0 aliphatic carbocycles. The molecule has 1 aromatic heterocycles. The number of amides is 1. The smallest absolute Gasteiger partial charge is 0.244 e. The van der Waals surface area contributed by atoms with E-state index < -0.39 is 31.3 Å². The molecular weight excluding hydrogens is 286 g/mol. The van der Waals surface area contributed by atoms with Gasteiger partial charge in [0.1, 0.15) is 10.7 Å². The summed E-state index contributed by atoms with van der Waals surface area (Å²) in [5.41, 5.74) is -0.180. The molecule has 7 nitrogen and oxygen atoms in total. The molecule has 0 aliphatic heterocycles. The predicted octanol–water partition coefficient (Wildman–Crippen LogP) is -0.773. The van der Waals surface area contributed by atoms with Crippen molar-refractivity contribution in [1.82, 2.24) is 15.1 Å². The largest absolute Gasteiger partial charge is 0.394 e. The van der Waals surface area contributed by atoms with Gasteiger partial charge < -0.3 is 20.6 Å². The van der Waals surface area contributed by atoms with Crippen LogP contribution in [0.25, 0.3) is 6.08 Å². The van der Waals surface area contributed by atoms with Crippen LogP contribution in [0.1, 0.15) is 11.3 Å². The number of nitrogens with one attached hydrogen (secondary N) is 1. The van der Waals surface area contributed by atoms with Crippen molar-refractivity contribution in [3.05, 3.63) is 22.5 Å². The van der Waals surface area contributed by atoms with Crippen LogP contribution in [-0.4, -0.2) is 56.4 Å². The molecule has 0 radical (unpaired) electrons. The molecule has 1 aromatic rings. The Morgan fingerprint density at radius 3 is 2.35 bits per heavy atom. The first-order valence-electron chi connectivity index (χ1n) is 5.91. The van der Waals surface area contributed by atoms with Crippen molar-refractivity contribution in [3.63, 3.8) is 0 Å². The first-order chi connectivity index (χ1) is 9.39. The van der Waals surface area contributed by atoms with Gasteiger partial charge in [-0.2, -0.15) is 5.10 Å². The summed E-state index contributed by atoms with van der Waals surface area (Å²) in [6.07, 6.45) is 2.68. The van der Waals surface area contributed by atoms with E-state index in [1.54, 1.807) is 14.0 Å². The Morgan fingerprint density at radius 1 is 1.40 bits per heavy atom. The average Bonchev–Trinajstić information content (AvgIpc) is 2.68. The van der Waals surface area contributed by atoms with Crippen molar-refractivity contribution in [1.29, 1.82) is 0 Å². The van der Waals surface area contributed by atoms with E-state index in [0.29, 0.717) is 16.4 Å². The summed E-state index contributed by atoms with van der Waals surface area (Å²) in [6, 6.07) is 0. The fourth-order valence-corrected chi connectivity index (χ4v) is 1.80. The van der Waals surface area contributed by atoms with E-state index in [4.69, 9.17) is 26.9 Å². The summed E-state index contributed by atoms with van der Waals surface area (Å²) in [4.78, 5) is 11.7. The monoisotopic (exact) mass is 303 g/mol. The molecule has 0 fully saturated rings. The number of carbonyl (C=O) groups is 1. The van der Waals surface area contributed by atoms with Crippen LogP contribution >= 0.6 is 11.6 Å². The zero-order valence-electron chi connectivity index (χ0n) is 11.3. The fourth-order valence-electron chi connectivity index (χ4n) is 1.57. The van der Waals surface area contributed by atoms with Crippen molar-refractivity contribution in [2.45, 2.75) is 12.5 Å². The lowest BCUT2D eigenvalue weighted by Gasteiger charge is -2.27. The Hall–Kier alpha value is -1.41. The highest BCUT2D eigenvalue weighted by Gasteiger charge is 2.29. The molecule has 4 N–H and O–H groups in total. The normalized spacial score (nSPS) is 12.1. The van der Waals surface area contributed by atoms with Gasteiger partial charge in [0.25, 0.3) is 0 Å². The highest BCUT2D eigenvalue weighted by Crippen LogP contribution is 2.19. The van der Waals surface area contributed by atoms with Gasteiger partial charge in [-0.25, -0.2) is 0 Å². The van der Waals surface area contributed by atoms with E-state index in [9.17, 15) is 4.79 Å². The second-order valence-corrected chi connectivity index (χ2v) is 4.85. The lowest BCUT2D eigenvalue weighted by atomic mass is 10.0. The molecule has 1 amide bonds. The van der Waals surface area contributed by atoms with Gasteiger partial charge in [0.2, 0.25) is 5.91 Å². The Morgan fingerprint density at radius 2 is 1.95 bits per heavy atom. The number of aromatic nitrogens is 2. The van der Waals surface area contributed by atoms with Gasteiger partial charge >= 0.3 is 0 Å². The summed E-state index contributed by atoms with van der Waals surface area (Å²) in [5, 5.41) is 34.2. The third-order valence-corrected chi connectivity index (χ3v) is 3.34. The van der Waals surface area contributed by atoms with E-state index in [0.717, 1.165) is 0 Å². The maximum atomic E-state index is 11.7. The molecule has 1 rings (SSSR count). The highest BCUT2D eigenvalue weighted by atomic mass is 35.5. The molecule has 0 spiro atoms. The summed E-state index contributed by atoms with van der Waals surface area (Å²) in [6.45, 7) is 0.0215. The Labute approximate surface area is 121 Å². The van der Waals surface area contributed by atoms with Crippen LogP contribution in [0.4, 0.5) is 0 Å². The van der Waals surface area contributed by atoms with Crippen LogP contribution in [0.15, 0.2) is 6.08 Å². The number of hydrogen-bond donors (Lipinski definition) is 4. The predicted molar refractivity (Wildman–Crippen MR) is 74.1 cm³/mol. The quantitative estimate of drug-likeness (QED) is 0.516. The Balaban J connectivity index is 2.83. The molecular formula is C12H18ClN3O4. The first kappa shape index (κ1) is 16.6. The number of halogens is 1. The topological polar surface area (TPSA) is 108 Å². The lowest BCUT2D eigenvalue weighted by Crippen LogP contribution is -2.56. The molecule has 1 heterocycles. The lowest BCUT2D eigenvalue weighted by molar-refractivity contribution is -0.120. The fraction of sp³-hybridized carbons (Fsp3) is 0.500. The molecule has 8 heteroatoms. The summed E-state index contributed by atoms with van der Waals surface area (Å²) in [7, 11) is 1.68. The summed E-state index contributed by atoms with van der Waals surface area (Å²) in [5.74, 6) is -0.568. The van der Waals surface area contributed by atoms with Gasteiger partial charge in [-0.1, -0.05) is 11.6 Å². The van der Waals surface area contributed by atoms with Crippen LogP contribution in [0.5, 0.6) is 0 Å². The molecule has 0 unspecified atom stereocenters. The van der Waals surface area contributed by atoms with Crippen molar-refractivity contribution in [2.75, 3.05) is 19.8 Å². The van der Waals surface area contributed by atoms with E-state index in [1.165, 1.54) is 16.8 Å². The summed E-state index contributed by atoms with van der Waals surface area (Å²) >= 11 is 6.01. The highest BCUT2D eigenvalue weighted by molar-refractivity contribution is 6.31. The van der Waals surface area contributed by atoms with Crippen LogP contribution in [0.3, 0.4) is 0 Å². The molecule has 0 atom stereocenters. The summed E-state index contributed by atoms with van der Waals surface area (Å²) < 4.78 is 1.48. The molecule has 0 saturated carbocycles. The molecule has 0 aromatic carbocycles. The number of aryl methyl sites for hydroxylation is 2. The van der Waals surface area contributed by atoms with Gasteiger partial charge in [0.15, 0.2) is 0 Å². The zero-order chi connectivity index (χ0) is 15.3. The zero-order valence-corrected chi connectivity index (χ0v) is 12.1. The number of rotatable bonds is 6. The average molecular weight is 304 g/mol. The van der Waals surface area contributed by atoms with Crippen molar-refractivity contribution >= 4 is 23.6 Å². The number of nitrogens with zero attached hydrogens (tertiary/aromatic N) is 2. The SMILES string of the molecule is Cc1nn(C)c(Cl)c1/C=C/C(=O)NC(CO)(CO)CO. The standard InChI is InChI=1S/C12H18ClN3O4/c1-8-9(11(13)16(2)15-8)3-4-10(20)14-12(5-17,6-18)7-19/h3-4,17-19H,5-7H2,1-2H3,(H,14,20)/b4-3+. The molecule has 112 valence electrons. The van der Waals surface area contributed by atoms with Crippen molar-refractivity contribution in [3.8, 4) is 0 Å². The van der Waals surface area contributed by atoms with Crippen LogP contribution in [0.2, 0.25) is 5.15 Å². The Kier molecular flexibility index (Phi) is 5.70. The third-order valence-electron chi connectivity index (χ3n) is 2.89. The maximum Gasteiger partial charge on any atom is 0.244 e. The van der Waals surface area contributed by atoms with Crippen molar-refractivity contribution < 1.29 is 20.1 Å². The number of aliphatic hydroxyl groups excluding tert-OH is 3. The first-order valence-corrected chi connectivity index (χ1v) is 6.29. The minimum Gasteiger partial charge on any atom is -0.394 e. The van der Waals surface area contributed by atoms with Gasteiger partial charge in [0, 0.05) is 18.7 Å². The van der Waals surface area contributed by atoms with Crippen LogP contribution in [-0.2, 0) is 11.8 Å². The van der Waals surface area contributed by atoms with Gasteiger partial charge in [0.05, 0.1) is 25.5 Å². The number of aliphatic hydroxyl groups is 3. The van der Waals surface area contributed by atoms with E-state index >= 15 is 0 Å². The van der Waals surface area contributed by atoms with E-state index in [-0.39, 0.29) is 0 Å². The minimum atomic E-state index is -1.45. The van der Waals surface area contributed by atoms with Gasteiger partial charge in [-0.15, -0.1) is 0 Å². The number of carbonyl (C=O) groups excluding carboxylic acids is 1. The molecule has 0 aliphatic rings. The van der Waals surface area contributed by atoms with Gasteiger partial charge in [-0.3, -0.25) is 9.48 Å². The van der Waals surface area contributed by atoms with Crippen LogP contribution < -0.4 is 5.32 Å². The minimum absolute atomic E-state index is 0.393. The van der Waals surface area contributed by atoms with Crippen LogP contribution in [0, 0.1) is 6.92 Å². The van der Waals surface area contributed by atoms with E-state index in [1.807, 2.05) is 0 Å². The Bertz CT molecular complexity index is 501. The molecule has 0 bridgehead atoms. The van der Waals surface area contributed by atoms with Gasteiger partial charge in [-0.05, 0) is 13.0 Å². The third kappa shape index (κ3) is 3.57.